The maximum Gasteiger partial charge on any atom is 0.253 e. The first-order chi connectivity index (χ1) is 15.4. The van der Waals surface area contributed by atoms with Crippen LogP contribution in [0, 0.1) is 0 Å². The number of nitrogens with zero attached hydrogens (tertiary/aromatic N) is 5. The zero-order valence-corrected chi connectivity index (χ0v) is 19.2. The third-order valence-electron chi connectivity index (χ3n) is 6.26. The summed E-state index contributed by atoms with van der Waals surface area (Å²) >= 11 is 0. The largest absolute Gasteiger partial charge is 0.493 e. The van der Waals surface area contributed by atoms with Crippen LogP contribution in [-0.4, -0.2) is 70.6 Å². The Labute approximate surface area is 186 Å². The Hall–Kier alpha value is -2.98. The van der Waals surface area contributed by atoms with Crippen LogP contribution in [-0.2, 0) is 10.3 Å². The van der Waals surface area contributed by atoms with Gasteiger partial charge in [0.15, 0.2) is 17.3 Å². The number of fused-ring (bicyclic) bond motifs is 1. The van der Waals surface area contributed by atoms with E-state index in [4.69, 9.17) is 14.2 Å². The maximum absolute atomic E-state index is 13.3. The van der Waals surface area contributed by atoms with E-state index < -0.39 is 6.04 Å². The average molecular weight is 443 g/mol. The fourth-order valence-electron chi connectivity index (χ4n) is 4.03. The Balaban J connectivity index is 1.91. The summed E-state index contributed by atoms with van der Waals surface area (Å²) in [6.45, 7) is 8.80. The Morgan fingerprint density at radius 3 is 2.50 bits per heavy atom. The number of hydrogen-bond donors (Lipinski definition) is 1. The van der Waals surface area contributed by atoms with Crippen LogP contribution < -0.4 is 15.0 Å². The van der Waals surface area contributed by atoms with Crippen LogP contribution in [0.4, 0.5) is 0 Å². The molecule has 0 radical (unpaired) electrons. The van der Waals surface area contributed by atoms with Crippen molar-refractivity contribution in [3.05, 3.63) is 39.9 Å². The van der Waals surface area contributed by atoms with E-state index in [9.17, 15) is 4.79 Å². The summed E-state index contributed by atoms with van der Waals surface area (Å²) in [5, 5.41) is 13.5. The molecule has 2 aromatic heterocycles. The molecular weight excluding hydrogens is 412 g/mol. The Kier molecular flexibility index (Phi) is 6.16. The van der Waals surface area contributed by atoms with Crippen molar-refractivity contribution in [3.63, 3.8) is 0 Å². The number of hydrogen-bond acceptors (Lipinski definition) is 8. The van der Waals surface area contributed by atoms with E-state index in [2.05, 4.69) is 46.2 Å². The van der Waals surface area contributed by atoms with Gasteiger partial charge in [-0.05, 0) is 42.8 Å². The highest BCUT2D eigenvalue weighted by Crippen LogP contribution is 2.34. The SMILES string of the molecule is CCC(C)(C)n1nnnc1[C@@H](c1cc2cc(OC)c(OC)cc2[nH]c1=O)N1CCOCC1. The van der Waals surface area contributed by atoms with Gasteiger partial charge < -0.3 is 19.2 Å². The molecule has 1 saturated heterocycles. The molecular formula is C22H30N6O4. The highest BCUT2D eigenvalue weighted by molar-refractivity contribution is 5.83. The quantitative estimate of drug-likeness (QED) is 0.593. The molecule has 1 fully saturated rings. The first-order valence-corrected chi connectivity index (χ1v) is 10.8. The number of morpholine rings is 1. The van der Waals surface area contributed by atoms with Crippen LogP contribution in [0.5, 0.6) is 11.5 Å². The highest BCUT2D eigenvalue weighted by Gasteiger charge is 2.35. The molecule has 0 unspecified atom stereocenters. The highest BCUT2D eigenvalue weighted by atomic mass is 16.5. The molecule has 0 bridgehead atoms. The Morgan fingerprint density at radius 1 is 1.16 bits per heavy atom. The van der Waals surface area contributed by atoms with Gasteiger partial charge in [-0.1, -0.05) is 6.92 Å². The van der Waals surface area contributed by atoms with Gasteiger partial charge in [-0.25, -0.2) is 4.68 Å². The van der Waals surface area contributed by atoms with Gasteiger partial charge >= 0.3 is 0 Å². The summed E-state index contributed by atoms with van der Waals surface area (Å²) in [5.41, 5.74) is 0.758. The van der Waals surface area contributed by atoms with Gasteiger partial charge in [0.05, 0.1) is 38.5 Å². The van der Waals surface area contributed by atoms with Crippen LogP contribution in [0.1, 0.15) is 44.6 Å². The molecule has 1 aliphatic heterocycles. The Morgan fingerprint density at radius 2 is 1.84 bits per heavy atom. The number of aromatic amines is 1. The number of methoxy groups -OCH3 is 2. The van der Waals surface area contributed by atoms with Gasteiger partial charge in [0.1, 0.15) is 6.04 Å². The van der Waals surface area contributed by atoms with Gasteiger partial charge in [-0.15, -0.1) is 5.10 Å². The van der Waals surface area contributed by atoms with Crippen LogP contribution in [0.2, 0.25) is 0 Å². The number of nitrogens with one attached hydrogen (secondary N) is 1. The average Bonchev–Trinajstić information content (AvgIpc) is 3.30. The number of H-pyrrole nitrogens is 1. The molecule has 3 aromatic rings. The number of tetrazole rings is 1. The number of rotatable bonds is 7. The molecule has 1 aromatic carbocycles. The molecule has 10 nitrogen and oxygen atoms in total. The molecule has 0 spiro atoms. The smallest absolute Gasteiger partial charge is 0.253 e. The summed E-state index contributed by atoms with van der Waals surface area (Å²) in [5.74, 6) is 1.80. The number of aromatic nitrogens is 5. The second-order valence-electron chi connectivity index (χ2n) is 8.51. The van der Waals surface area contributed by atoms with Gasteiger partial charge in [-0.2, -0.15) is 0 Å². The third kappa shape index (κ3) is 3.95. The first-order valence-electron chi connectivity index (χ1n) is 10.8. The van der Waals surface area contributed by atoms with E-state index in [1.165, 1.54) is 0 Å². The van der Waals surface area contributed by atoms with Crippen molar-refractivity contribution in [3.8, 4) is 11.5 Å². The van der Waals surface area contributed by atoms with Gasteiger partial charge in [0, 0.05) is 30.1 Å². The van der Waals surface area contributed by atoms with Gasteiger partial charge in [0.2, 0.25) is 0 Å². The fourth-order valence-corrected chi connectivity index (χ4v) is 4.03. The van der Waals surface area contributed by atoms with Crippen LogP contribution in [0.25, 0.3) is 10.9 Å². The summed E-state index contributed by atoms with van der Waals surface area (Å²) in [6, 6.07) is 5.12. The second kappa shape index (κ2) is 8.87. The van der Waals surface area contributed by atoms with Crippen LogP contribution >= 0.6 is 0 Å². The van der Waals surface area contributed by atoms with Gasteiger partial charge in [-0.3, -0.25) is 9.69 Å². The molecule has 10 heteroatoms. The predicted molar refractivity (Wildman–Crippen MR) is 119 cm³/mol. The molecule has 3 heterocycles. The van der Waals surface area contributed by atoms with Crippen LogP contribution in [0.3, 0.4) is 0 Å². The summed E-state index contributed by atoms with van der Waals surface area (Å²) in [4.78, 5) is 18.5. The second-order valence-corrected chi connectivity index (χ2v) is 8.51. The van der Waals surface area contributed by atoms with Crippen molar-refractivity contribution in [2.75, 3.05) is 40.5 Å². The molecule has 1 N–H and O–H groups in total. The minimum absolute atomic E-state index is 0.190. The predicted octanol–water partition coefficient (Wildman–Crippen LogP) is 2.10. The maximum atomic E-state index is 13.3. The third-order valence-corrected chi connectivity index (χ3v) is 6.26. The monoisotopic (exact) mass is 442 g/mol. The lowest BCUT2D eigenvalue weighted by molar-refractivity contribution is 0.0204. The van der Waals surface area contributed by atoms with Crippen molar-refractivity contribution in [2.24, 2.45) is 0 Å². The van der Waals surface area contributed by atoms with Crippen LogP contribution in [0.15, 0.2) is 23.0 Å². The van der Waals surface area contributed by atoms with Crippen molar-refractivity contribution in [1.82, 2.24) is 30.1 Å². The van der Waals surface area contributed by atoms with E-state index >= 15 is 0 Å². The molecule has 32 heavy (non-hydrogen) atoms. The molecule has 1 aliphatic rings. The minimum Gasteiger partial charge on any atom is -0.493 e. The minimum atomic E-state index is -0.416. The summed E-state index contributed by atoms with van der Waals surface area (Å²) in [6.07, 6.45) is 0.839. The molecule has 4 rings (SSSR count). The zero-order chi connectivity index (χ0) is 22.9. The van der Waals surface area contributed by atoms with Crippen molar-refractivity contribution in [2.45, 2.75) is 38.8 Å². The molecule has 0 saturated carbocycles. The van der Waals surface area contributed by atoms with E-state index in [0.29, 0.717) is 54.7 Å². The zero-order valence-electron chi connectivity index (χ0n) is 19.2. The van der Waals surface area contributed by atoms with E-state index in [1.807, 2.05) is 16.8 Å². The topological polar surface area (TPSA) is 107 Å². The number of benzene rings is 1. The lowest BCUT2D eigenvalue weighted by Crippen LogP contribution is -2.43. The number of ether oxygens (including phenoxy) is 3. The summed E-state index contributed by atoms with van der Waals surface area (Å²) < 4.78 is 18.2. The van der Waals surface area contributed by atoms with E-state index in [1.54, 1.807) is 20.3 Å². The lowest BCUT2D eigenvalue weighted by Gasteiger charge is -2.35. The fraction of sp³-hybridized carbons (Fsp3) is 0.545. The lowest BCUT2D eigenvalue weighted by atomic mass is 9.99. The molecule has 0 amide bonds. The molecule has 1 atom stereocenters. The van der Waals surface area contributed by atoms with Crippen molar-refractivity contribution < 1.29 is 14.2 Å². The van der Waals surface area contributed by atoms with E-state index in [0.717, 1.165) is 11.8 Å². The van der Waals surface area contributed by atoms with Gasteiger partial charge in [0.25, 0.3) is 5.56 Å². The molecule has 172 valence electrons. The number of pyridine rings is 1. The first kappa shape index (κ1) is 22.2. The van der Waals surface area contributed by atoms with Crippen molar-refractivity contribution >= 4 is 10.9 Å². The Bertz CT molecular complexity index is 1150. The molecule has 0 aliphatic carbocycles. The normalized spacial score (nSPS) is 16.3. The van der Waals surface area contributed by atoms with E-state index in [-0.39, 0.29) is 11.1 Å². The van der Waals surface area contributed by atoms with Crippen molar-refractivity contribution in [1.29, 1.82) is 0 Å². The summed E-state index contributed by atoms with van der Waals surface area (Å²) in [7, 11) is 3.16. The standard InChI is InChI=1S/C22H30N6O4/c1-6-22(2,3)28-20(24-25-26-28)19(27-7-9-32-10-8-27)15-11-14-12-17(30-4)18(31-5)13-16(14)23-21(15)29/h11-13,19H,6-10H2,1-5H3,(H,23,29)/t19-/m1/s1.